The van der Waals surface area contributed by atoms with Gasteiger partial charge in [-0.2, -0.15) is 0 Å². The average Bonchev–Trinajstić information content (AvgIpc) is 3.04. The summed E-state index contributed by atoms with van der Waals surface area (Å²) in [6.07, 6.45) is 0.682. The van der Waals surface area contributed by atoms with Crippen LogP contribution in [0.2, 0.25) is 0 Å². The van der Waals surface area contributed by atoms with Gasteiger partial charge in [0.05, 0.1) is 5.25 Å². The Morgan fingerprint density at radius 2 is 1.83 bits per heavy atom. The highest BCUT2D eigenvalue weighted by atomic mass is 32.2. The van der Waals surface area contributed by atoms with Crippen LogP contribution in [0, 0.1) is 0 Å². The van der Waals surface area contributed by atoms with Gasteiger partial charge in [0, 0.05) is 11.4 Å². The highest BCUT2D eigenvalue weighted by Crippen LogP contribution is 2.36. The van der Waals surface area contributed by atoms with Crippen LogP contribution >= 0.6 is 11.8 Å². The molecule has 1 amide bonds. The topological polar surface area (TPSA) is 66.4 Å². The molecule has 5 heteroatoms. The molecule has 0 spiro atoms. The van der Waals surface area contributed by atoms with E-state index in [2.05, 4.69) is 5.32 Å². The van der Waals surface area contributed by atoms with Crippen molar-refractivity contribution in [2.24, 2.45) is 0 Å². The van der Waals surface area contributed by atoms with Crippen molar-refractivity contribution in [3.63, 3.8) is 0 Å². The first kappa shape index (κ1) is 16.6. The molecule has 2 N–H and O–H groups in total. The number of benzene rings is 2. The number of carbonyl (C=O) groups excluding carboxylic acids is 1. The summed E-state index contributed by atoms with van der Waals surface area (Å²) >= 11 is 1.54. The van der Waals surface area contributed by atoms with E-state index in [1.54, 1.807) is 19.1 Å². The van der Waals surface area contributed by atoms with Crippen molar-refractivity contribution in [2.45, 2.75) is 28.9 Å². The number of hydrogen-bond acceptors (Lipinski definition) is 3. The van der Waals surface area contributed by atoms with Crippen molar-refractivity contribution < 1.29 is 14.7 Å². The van der Waals surface area contributed by atoms with Crippen LogP contribution in [0.5, 0.6) is 0 Å². The number of nitrogens with one attached hydrogen (secondary N) is 1. The fraction of sp³-hybridized carbons (Fsp3) is 0.263. The van der Waals surface area contributed by atoms with E-state index in [1.807, 2.05) is 42.5 Å². The number of thioether (sulfide) groups is 1. The molecule has 0 saturated heterocycles. The summed E-state index contributed by atoms with van der Waals surface area (Å²) in [6.45, 7) is 1.71. The van der Waals surface area contributed by atoms with Gasteiger partial charge in [0.25, 0.3) is 0 Å². The van der Waals surface area contributed by atoms with Crippen LogP contribution in [0.25, 0.3) is 0 Å². The number of carboxylic acids is 1. The molecule has 0 radical (unpaired) electrons. The van der Waals surface area contributed by atoms with Gasteiger partial charge in [0.1, 0.15) is 5.41 Å². The second-order valence-electron chi connectivity index (χ2n) is 6.14. The van der Waals surface area contributed by atoms with Gasteiger partial charge in [-0.25, -0.2) is 0 Å². The van der Waals surface area contributed by atoms with Crippen LogP contribution in [0.4, 0.5) is 0 Å². The van der Waals surface area contributed by atoms with E-state index in [-0.39, 0.29) is 17.7 Å². The molecular weight excluding hydrogens is 322 g/mol. The van der Waals surface area contributed by atoms with Crippen molar-refractivity contribution >= 4 is 23.6 Å². The van der Waals surface area contributed by atoms with Gasteiger partial charge in [-0.05, 0) is 30.5 Å². The maximum Gasteiger partial charge on any atom is 0.315 e. The Morgan fingerprint density at radius 3 is 2.50 bits per heavy atom. The molecule has 0 aliphatic carbocycles. The SMILES string of the molecule is CC(CNC(=O)C1Cc2ccccc2S1)(C(=O)O)c1ccccc1. The maximum absolute atomic E-state index is 12.5. The Kier molecular flexibility index (Phi) is 4.62. The van der Waals surface area contributed by atoms with Crippen LogP contribution in [0.15, 0.2) is 59.5 Å². The molecule has 0 bridgehead atoms. The van der Waals surface area contributed by atoms with E-state index in [0.29, 0.717) is 12.0 Å². The van der Waals surface area contributed by atoms with Gasteiger partial charge in [0.15, 0.2) is 0 Å². The Balaban J connectivity index is 1.68. The van der Waals surface area contributed by atoms with Crippen LogP contribution in [-0.2, 0) is 21.4 Å². The Morgan fingerprint density at radius 1 is 1.17 bits per heavy atom. The standard InChI is InChI=1S/C19H19NO3S/c1-19(18(22)23,14-8-3-2-4-9-14)12-20-17(21)16-11-13-7-5-6-10-15(13)24-16/h2-10,16H,11-12H2,1H3,(H,20,21)(H,22,23). The van der Waals surface area contributed by atoms with E-state index in [4.69, 9.17) is 0 Å². The Bertz CT molecular complexity index is 737. The van der Waals surface area contributed by atoms with Crippen LogP contribution in [-0.4, -0.2) is 28.8 Å². The first-order chi connectivity index (χ1) is 11.5. The zero-order valence-electron chi connectivity index (χ0n) is 13.4. The van der Waals surface area contributed by atoms with E-state index in [1.165, 1.54) is 17.3 Å². The number of aliphatic carboxylic acids is 1. The van der Waals surface area contributed by atoms with Crippen molar-refractivity contribution in [1.29, 1.82) is 0 Å². The summed E-state index contributed by atoms with van der Waals surface area (Å²) in [5.41, 5.74) is 0.708. The lowest BCUT2D eigenvalue weighted by Gasteiger charge is -2.26. The molecule has 3 rings (SSSR count). The molecule has 1 aliphatic rings. The number of fused-ring (bicyclic) bond motifs is 1. The third-order valence-electron chi connectivity index (χ3n) is 4.44. The van der Waals surface area contributed by atoms with Crippen LogP contribution < -0.4 is 5.32 Å². The fourth-order valence-electron chi connectivity index (χ4n) is 2.81. The lowest BCUT2D eigenvalue weighted by Crippen LogP contribution is -2.46. The summed E-state index contributed by atoms with van der Waals surface area (Å²) in [5.74, 6) is -1.06. The first-order valence-electron chi connectivity index (χ1n) is 7.82. The Labute approximate surface area is 145 Å². The minimum absolute atomic E-state index is 0.0680. The lowest BCUT2D eigenvalue weighted by atomic mass is 9.82. The Hall–Kier alpha value is -2.27. The zero-order valence-corrected chi connectivity index (χ0v) is 14.2. The molecule has 1 heterocycles. The minimum Gasteiger partial charge on any atom is -0.481 e. The van der Waals surface area contributed by atoms with E-state index in [0.717, 1.165) is 4.90 Å². The molecule has 2 atom stereocenters. The predicted octanol–water partition coefficient (Wildman–Crippen LogP) is 2.86. The molecule has 2 aromatic rings. The average molecular weight is 341 g/mol. The summed E-state index contributed by atoms with van der Waals surface area (Å²) < 4.78 is 0. The quantitative estimate of drug-likeness (QED) is 0.878. The van der Waals surface area contributed by atoms with Gasteiger partial charge in [-0.3, -0.25) is 9.59 Å². The van der Waals surface area contributed by atoms with Gasteiger partial charge < -0.3 is 10.4 Å². The van der Waals surface area contributed by atoms with Gasteiger partial charge in [-0.1, -0.05) is 48.5 Å². The highest BCUT2D eigenvalue weighted by molar-refractivity contribution is 8.01. The summed E-state index contributed by atoms with van der Waals surface area (Å²) in [6, 6.07) is 17.0. The van der Waals surface area contributed by atoms with Gasteiger partial charge in [0.2, 0.25) is 5.91 Å². The third-order valence-corrected chi connectivity index (χ3v) is 5.76. The molecule has 24 heavy (non-hydrogen) atoms. The maximum atomic E-state index is 12.5. The molecule has 4 nitrogen and oxygen atoms in total. The summed E-state index contributed by atoms with van der Waals surface area (Å²) in [5, 5.41) is 12.3. The van der Waals surface area contributed by atoms with Crippen molar-refractivity contribution in [1.82, 2.24) is 5.32 Å². The van der Waals surface area contributed by atoms with Crippen LogP contribution in [0.1, 0.15) is 18.1 Å². The number of carbonyl (C=O) groups is 2. The second-order valence-corrected chi connectivity index (χ2v) is 7.38. The number of hydrogen-bond donors (Lipinski definition) is 2. The molecule has 1 aliphatic heterocycles. The smallest absolute Gasteiger partial charge is 0.315 e. The number of amides is 1. The number of rotatable bonds is 5. The molecular formula is C19H19NO3S. The predicted molar refractivity (Wildman–Crippen MR) is 94.2 cm³/mol. The molecule has 0 fully saturated rings. The number of carboxylic acid groups (broad SMARTS) is 1. The second kappa shape index (κ2) is 6.69. The zero-order chi connectivity index (χ0) is 17.2. The van der Waals surface area contributed by atoms with Crippen molar-refractivity contribution in [3.8, 4) is 0 Å². The van der Waals surface area contributed by atoms with Gasteiger partial charge >= 0.3 is 5.97 Å². The van der Waals surface area contributed by atoms with E-state index in [9.17, 15) is 14.7 Å². The van der Waals surface area contributed by atoms with Crippen molar-refractivity contribution in [3.05, 3.63) is 65.7 Å². The van der Waals surface area contributed by atoms with Crippen LogP contribution in [0.3, 0.4) is 0 Å². The minimum atomic E-state index is -1.15. The summed E-state index contributed by atoms with van der Waals surface area (Å²) in [7, 11) is 0. The highest BCUT2D eigenvalue weighted by Gasteiger charge is 2.37. The monoisotopic (exact) mass is 341 g/mol. The molecule has 2 aromatic carbocycles. The third kappa shape index (κ3) is 3.17. The largest absolute Gasteiger partial charge is 0.481 e. The van der Waals surface area contributed by atoms with Gasteiger partial charge in [-0.15, -0.1) is 11.8 Å². The van der Waals surface area contributed by atoms with Crippen molar-refractivity contribution in [2.75, 3.05) is 6.54 Å². The van der Waals surface area contributed by atoms with E-state index < -0.39 is 11.4 Å². The lowest BCUT2D eigenvalue weighted by molar-refractivity contribution is -0.143. The fourth-order valence-corrected chi connectivity index (χ4v) is 4.03. The normalized spacial score (nSPS) is 18.5. The molecule has 2 unspecified atom stereocenters. The molecule has 124 valence electrons. The molecule has 0 aromatic heterocycles. The molecule has 0 saturated carbocycles. The first-order valence-corrected chi connectivity index (χ1v) is 8.70. The van der Waals surface area contributed by atoms with E-state index >= 15 is 0 Å². The summed E-state index contributed by atoms with van der Waals surface area (Å²) in [4.78, 5) is 25.4.